The number of piperidine rings is 1. The quantitative estimate of drug-likeness (QED) is 0.185. The smallest absolute Gasteiger partial charge is 0.872 e. The number of nitrogens with zero attached hydrogens (tertiary/aromatic N) is 5. The number of hydrogen-bond acceptors (Lipinski definition) is 5. The van der Waals surface area contributed by atoms with Gasteiger partial charge in [0.2, 0.25) is 0 Å². The van der Waals surface area contributed by atoms with Crippen LogP contribution in [0.1, 0.15) is 200 Å². The van der Waals surface area contributed by atoms with Gasteiger partial charge in [-0.15, -0.1) is 11.5 Å². The zero-order chi connectivity index (χ0) is 43.8. The van der Waals surface area contributed by atoms with Gasteiger partial charge in [-0.3, -0.25) is 4.90 Å². The molecule has 1 saturated heterocycles. The summed E-state index contributed by atoms with van der Waals surface area (Å²) in [7, 11) is 4.12. The van der Waals surface area contributed by atoms with Crippen LogP contribution in [0.25, 0.3) is 5.32 Å². The molecule has 0 bridgehead atoms. The molecule has 3 fully saturated rings. The Hall–Kier alpha value is -1.67. The van der Waals surface area contributed by atoms with Crippen LogP contribution in [0.2, 0.25) is 0 Å². The van der Waals surface area contributed by atoms with Gasteiger partial charge in [-0.1, -0.05) is 152 Å². The standard InChI is InChI=1S/C34H56N2O2.C18H32N3.Y/c1-31(2,3)25-17-23(29(37)27(19-25)33(7,8)9)21-36(16-15-35(13)14)22-24-18-26(32(4,5)6)20-28(30(24)38)34(10,11)12;1-4-10-16(11-5-1)19-18(21-14-8-3-9-15-21)20-17-12-6-2-7-13-17;/h17-20,37-38H,15-16,21-22H2,1-14H3;16-17H,1-15H2;/q;-1;+3/p-2. The van der Waals surface area contributed by atoms with Crippen LogP contribution >= 0.6 is 0 Å². The second-order valence-corrected chi connectivity index (χ2v) is 22.7. The molecule has 2 saturated carbocycles. The molecule has 2 aliphatic carbocycles. The van der Waals surface area contributed by atoms with E-state index in [9.17, 15) is 10.2 Å². The van der Waals surface area contributed by atoms with Crippen LogP contribution in [0, 0.1) is 0 Å². The Morgan fingerprint density at radius 3 is 1.42 bits per heavy atom. The van der Waals surface area contributed by atoms with Gasteiger partial charge >= 0.3 is 32.7 Å². The van der Waals surface area contributed by atoms with Crippen molar-refractivity contribution in [2.75, 3.05) is 40.3 Å². The van der Waals surface area contributed by atoms with Crippen molar-refractivity contribution in [1.29, 1.82) is 0 Å². The maximum Gasteiger partial charge on any atom is 3.00 e. The molecule has 60 heavy (non-hydrogen) atoms. The van der Waals surface area contributed by atoms with Crippen molar-refractivity contribution in [2.24, 2.45) is 4.99 Å². The third-order valence-corrected chi connectivity index (χ3v) is 12.7. The van der Waals surface area contributed by atoms with E-state index >= 15 is 0 Å². The van der Waals surface area contributed by atoms with Crippen LogP contribution < -0.4 is 10.2 Å². The Labute approximate surface area is 394 Å². The largest absolute Gasteiger partial charge is 3.00 e. The molecule has 8 heteroatoms. The van der Waals surface area contributed by atoms with Crippen molar-refractivity contribution >= 4 is 5.96 Å². The molecule has 3 aliphatic rings. The van der Waals surface area contributed by atoms with Gasteiger partial charge in [-0.2, -0.15) is 0 Å². The van der Waals surface area contributed by atoms with E-state index in [1.54, 1.807) is 0 Å². The Bertz CT molecular complexity index is 1560. The molecule has 0 radical (unpaired) electrons. The predicted octanol–water partition coefficient (Wildman–Crippen LogP) is 11.5. The molecule has 0 unspecified atom stereocenters. The molecular formula is C52H86N5O2Y. The second kappa shape index (κ2) is 22.8. The molecule has 0 amide bonds. The van der Waals surface area contributed by atoms with Crippen LogP contribution in [-0.2, 0) is 67.5 Å². The Balaban J connectivity index is 0.000000366. The van der Waals surface area contributed by atoms with Crippen molar-refractivity contribution in [3.05, 3.63) is 63.0 Å². The van der Waals surface area contributed by atoms with Crippen molar-refractivity contribution in [3.8, 4) is 11.5 Å². The Kier molecular flexibility index (Phi) is 20.0. The molecule has 0 spiro atoms. The fraction of sp³-hybridized carbons (Fsp3) is 0.750. The normalized spacial score (nSPS) is 18.0. The first-order valence-corrected chi connectivity index (χ1v) is 23.5. The summed E-state index contributed by atoms with van der Waals surface area (Å²) in [5, 5.41) is 32.6. The molecule has 0 atom stereocenters. The summed E-state index contributed by atoms with van der Waals surface area (Å²) in [6.07, 6.45) is 17.5. The van der Waals surface area contributed by atoms with Crippen LogP contribution in [0.5, 0.6) is 11.5 Å². The summed E-state index contributed by atoms with van der Waals surface area (Å²) in [6.45, 7) is 30.9. The average molecular weight is 902 g/mol. The van der Waals surface area contributed by atoms with Crippen LogP contribution in [-0.4, -0.2) is 73.0 Å². The molecule has 0 N–H and O–H groups in total. The molecule has 334 valence electrons. The number of likely N-dealkylation sites (N-methyl/N-ethyl adjacent to an activating group) is 1. The van der Waals surface area contributed by atoms with Crippen LogP contribution in [0.3, 0.4) is 0 Å². The number of benzene rings is 2. The molecular weight excluding hydrogens is 816 g/mol. The second-order valence-electron chi connectivity index (χ2n) is 22.7. The van der Waals surface area contributed by atoms with Gasteiger partial charge < -0.3 is 30.3 Å². The maximum absolute atomic E-state index is 13.8. The summed E-state index contributed by atoms with van der Waals surface area (Å²) in [5.74, 6) is 1.39. The zero-order valence-corrected chi connectivity index (χ0v) is 43.9. The first kappa shape index (κ1) is 52.7. The minimum atomic E-state index is -0.244. The minimum Gasteiger partial charge on any atom is -0.872 e. The van der Waals surface area contributed by atoms with E-state index < -0.39 is 0 Å². The summed E-state index contributed by atoms with van der Waals surface area (Å²) >= 11 is 0. The van der Waals surface area contributed by atoms with Gasteiger partial charge in [0.05, 0.1) is 0 Å². The minimum absolute atomic E-state index is 0. The van der Waals surface area contributed by atoms with Gasteiger partial charge in [-0.05, 0) is 133 Å². The van der Waals surface area contributed by atoms with E-state index in [0.717, 1.165) is 41.3 Å². The molecule has 1 heterocycles. The summed E-state index contributed by atoms with van der Waals surface area (Å²) < 4.78 is 0. The molecule has 2 aromatic rings. The van der Waals surface area contributed by atoms with Crippen molar-refractivity contribution in [1.82, 2.24) is 14.7 Å². The van der Waals surface area contributed by atoms with E-state index in [0.29, 0.717) is 25.2 Å². The number of aliphatic imine (C=N–C) groups is 1. The number of likely N-dealkylation sites (tertiary alicyclic amines) is 1. The topological polar surface area (TPSA) is 82.3 Å². The molecule has 1 aliphatic heterocycles. The van der Waals surface area contributed by atoms with E-state index in [1.807, 2.05) is 0 Å². The van der Waals surface area contributed by atoms with Gasteiger partial charge in [0.25, 0.3) is 0 Å². The summed E-state index contributed by atoms with van der Waals surface area (Å²) in [6, 6.07) is 9.53. The summed E-state index contributed by atoms with van der Waals surface area (Å²) in [5.41, 5.74) is 5.09. The van der Waals surface area contributed by atoms with E-state index in [-0.39, 0.29) is 65.9 Å². The van der Waals surface area contributed by atoms with Gasteiger partial charge in [0.15, 0.2) is 0 Å². The monoisotopic (exact) mass is 902 g/mol. The van der Waals surface area contributed by atoms with Gasteiger partial charge in [0.1, 0.15) is 0 Å². The van der Waals surface area contributed by atoms with Crippen molar-refractivity contribution in [3.63, 3.8) is 0 Å². The average Bonchev–Trinajstić information content (AvgIpc) is 3.14. The molecule has 7 nitrogen and oxygen atoms in total. The third kappa shape index (κ3) is 16.2. The maximum atomic E-state index is 13.8. The van der Waals surface area contributed by atoms with E-state index in [2.05, 4.69) is 136 Å². The van der Waals surface area contributed by atoms with Gasteiger partial charge in [-0.25, -0.2) is 0 Å². The van der Waals surface area contributed by atoms with Gasteiger partial charge in [0, 0.05) is 32.1 Å². The van der Waals surface area contributed by atoms with Crippen LogP contribution in [0.4, 0.5) is 0 Å². The molecule has 2 aromatic carbocycles. The molecule has 5 rings (SSSR count). The summed E-state index contributed by atoms with van der Waals surface area (Å²) in [4.78, 5) is 12.1. The van der Waals surface area contributed by atoms with E-state index in [4.69, 9.17) is 10.3 Å². The van der Waals surface area contributed by atoms with E-state index in [1.165, 1.54) is 108 Å². The number of hydrogen-bond donors (Lipinski definition) is 0. The fourth-order valence-corrected chi connectivity index (χ4v) is 8.67. The van der Waals surface area contributed by atoms with Crippen molar-refractivity contribution < 1.29 is 42.9 Å². The van der Waals surface area contributed by atoms with Crippen molar-refractivity contribution in [2.45, 2.75) is 213 Å². The number of guanidine groups is 1. The fourth-order valence-electron chi connectivity index (χ4n) is 8.67. The zero-order valence-electron chi connectivity index (χ0n) is 41.0. The first-order valence-electron chi connectivity index (χ1n) is 23.5. The first-order chi connectivity index (χ1) is 27.4. The molecule has 0 aromatic heterocycles. The SMILES string of the molecule is C1CCC(N=C([N-]C2CCCCC2)N2CCCCC2)CC1.CN(C)CCN(Cc1cc(C(C)(C)C)cc(C(C)(C)C)c1[O-])Cc1cc(C(C)(C)C)cc(C(C)(C)C)c1[O-].[Y+3]. The predicted molar refractivity (Wildman–Crippen MR) is 249 cm³/mol. The Morgan fingerprint density at radius 1 is 0.600 bits per heavy atom. The number of rotatable bonds is 9. The third-order valence-electron chi connectivity index (χ3n) is 12.7. The van der Waals surface area contributed by atoms with Crippen LogP contribution in [0.15, 0.2) is 29.3 Å². The Morgan fingerprint density at radius 2 is 1.02 bits per heavy atom.